The van der Waals surface area contributed by atoms with Crippen molar-refractivity contribution in [2.24, 2.45) is 5.92 Å². The lowest BCUT2D eigenvalue weighted by atomic mass is 9.99. The first-order valence-electron chi connectivity index (χ1n) is 25.3. The van der Waals surface area contributed by atoms with E-state index in [1.165, 1.54) is 50.2 Å². The van der Waals surface area contributed by atoms with E-state index in [9.17, 15) is 69.3 Å². The highest BCUT2D eigenvalue weighted by Gasteiger charge is 2.48. The monoisotopic (exact) mass is 1070 g/mol. The van der Waals surface area contributed by atoms with Crippen LogP contribution in [0.2, 0.25) is 0 Å². The topological polar surface area (TPSA) is 337 Å². The van der Waals surface area contributed by atoms with Gasteiger partial charge in [-0.05, 0) is 91.5 Å². The highest BCUT2D eigenvalue weighted by molar-refractivity contribution is 5.99. The van der Waals surface area contributed by atoms with E-state index < -0.39 is 127 Å². The number of likely N-dealkylation sites (N-methyl/N-ethyl adjacent to an activating group) is 1. The smallest absolute Gasteiger partial charge is 0.251 e. The molecule has 2 heterocycles. The molecule has 4 aromatic carbocycles. The van der Waals surface area contributed by atoms with Crippen molar-refractivity contribution >= 4 is 41.7 Å². The quantitative estimate of drug-likeness (QED) is 0.0396. The number of carbonyl (C=O) groups excluding carboxylic acids is 7. The van der Waals surface area contributed by atoms with Crippen LogP contribution in [0.3, 0.4) is 0 Å². The highest BCUT2D eigenvalue weighted by Crippen LogP contribution is 2.28. The molecule has 13 unspecified atom stereocenters. The average molecular weight is 1070 g/mol. The standard InChI is InChI=1S/C55H69N7O15/c1-29-26-62(55(76)46(31(3)65)59-53(74)47(45(69)22-32-6-18-38(66)19-7-32)60-52(73)44-24-40(68)27-61(44)4)48(49(29)70)54(75)56-25-39(67)23-42(51(72)58-43(28-63)30(2)64)57-50(71)37-14-12-35(13-15-37)33-8-10-34(11-9-33)36-16-20-41(77-5)21-17-36/h6-21,28-31,39-40,42-49,64-70H,22-27H2,1-5H3,(H,56,75)(H,57,71)(H,58,72)(H,59,74)(H,60,73). The zero-order chi connectivity index (χ0) is 56.2. The third kappa shape index (κ3) is 15.2. The van der Waals surface area contributed by atoms with Gasteiger partial charge in [0, 0.05) is 44.0 Å². The Balaban J connectivity index is 1.12. The van der Waals surface area contributed by atoms with Gasteiger partial charge < -0.3 is 76.8 Å². The fraction of sp³-hybridized carbons (Fsp3) is 0.436. The van der Waals surface area contributed by atoms with Crippen LogP contribution in [-0.2, 0) is 35.2 Å². The van der Waals surface area contributed by atoms with Gasteiger partial charge in [0.25, 0.3) is 5.91 Å². The number of amides is 6. The molecule has 0 saturated carbocycles. The minimum absolute atomic E-state index is 0.0356. The van der Waals surface area contributed by atoms with Gasteiger partial charge in [-0.25, -0.2) is 0 Å². The number of hydrogen-bond donors (Lipinski definition) is 12. The first kappa shape index (κ1) is 58.9. The molecule has 2 fully saturated rings. The molecule has 22 nitrogen and oxygen atoms in total. The number of hydrogen-bond acceptors (Lipinski definition) is 16. The van der Waals surface area contributed by atoms with Crippen molar-refractivity contribution in [3.8, 4) is 33.8 Å². The first-order chi connectivity index (χ1) is 36.6. The highest BCUT2D eigenvalue weighted by atomic mass is 16.5. The number of aromatic hydroxyl groups is 1. The zero-order valence-corrected chi connectivity index (χ0v) is 43.4. The molecule has 0 aliphatic carbocycles. The lowest BCUT2D eigenvalue weighted by Crippen LogP contribution is -2.63. The lowest BCUT2D eigenvalue weighted by Gasteiger charge is -2.32. The van der Waals surface area contributed by atoms with Crippen molar-refractivity contribution in [3.63, 3.8) is 0 Å². The molecular formula is C55H69N7O15. The molecule has 414 valence electrons. The number of methoxy groups -OCH3 is 1. The number of benzene rings is 4. The molecule has 2 aliphatic rings. The van der Waals surface area contributed by atoms with E-state index in [1.54, 1.807) is 38.1 Å². The maximum atomic E-state index is 14.3. The van der Waals surface area contributed by atoms with Crippen LogP contribution in [0.25, 0.3) is 22.3 Å². The number of β-amino-alcohol motifs (C(OH)–C–C–N with tert-alkyl or cyclic N) is 1. The van der Waals surface area contributed by atoms with Crippen LogP contribution in [-0.4, -0.2) is 194 Å². The summed E-state index contributed by atoms with van der Waals surface area (Å²) < 4.78 is 5.25. The second kappa shape index (κ2) is 26.6. The Morgan fingerprint density at radius 3 is 1.81 bits per heavy atom. The zero-order valence-electron chi connectivity index (χ0n) is 43.4. The van der Waals surface area contributed by atoms with E-state index in [4.69, 9.17) is 4.74 Å². The summed E-state index contributed by atoms with van der Waals surface area (Å²) in [6, 6.07) is 18.6. The Morgan fingerprint density at radius 1 is 0.714 bits per heavy atom. The van der Waals surface area contributed by atoms with Crippen molar-refractivity contribution < 1.29 is 74.0 Å². The number of aliphatic hydroxyl groups excluding tert-OH is 6. The molecule has 6 amide bonds. The number of aliphatic hydroxyl groups is 6. The fourth-order valence-corrected chi connectivity index (χ4v) is 9.36. The molecule has 77 heavy (non-hydrogen) atoms. The predicted octanol–water partition coefficient (Wildman–Crippen LogP) is -1.01. The second-order valence-corrected chi connectivity index (χ2v) is 19.9. The number of aldehydes is 1. The predicted molar refractivity (Wildman–Crippen MR) is 280 cm³/mol. The third-order valence-corrected chi connectivity index (χ3v) is 13.9. The number of phenolic OH excluding ortho intramolecular Hbond substituents is 1. The van der Waals surface area contributed by atoms with Crippen LogP contribution in [0, 0.1) is 5.92 Å². The minimum Gasteiger partial charge on any atom is -0.508 e. The van der Waals surface area contributed by atoms with Gasteiger partial charge in [-0.1, -0.05) is 67.6 Å². The molecule has 13 atom stereocenters. The maximum Gasteiger partial charge on any atom is 0.251 e. The number of nitrogens with zero attached hydrogens (tertiary/aromatic N) is 2. The van der Waals surface area contributed by atoms with Crippen LogP contribution < -0.4 is 31.3 Å². The van der Waals surface area contributed by atoms with Gasteiger partial charge in [-0.2, -0.15) is 0 Å². The number of ether oxygens (including phenoxy) is 1. The van der Waals surface area contributed by atoms with Crippen LogP contribution in [0.4, 0.5) is 0 Å². The van der Waals surface area contributed by atoms with E-state index in [1.807, 2.05) is 48.5 Å². The van der Waals surface area contributed by atoms with Crippen molar-refractivity contribution in [1.29, 1.82) is 0 Å². The number of carbonyl (C=O) groups is 7. The Hall–Kier alpha value is -7.31. The molecule has 22 heteroatoms. The molecule has 12 N–H and O–H groups in total. The van der Waals surface area contributed by atoms with Gasteiger partial charge in [0.15, 0.2) is 0 Å². The van der Waals surface area contributed by atoms with E-state index in [0.717, 1.165) is 32.9 Å². The van der Waals surface area contributed by atoms with Crippen molar-refractivity contribution in [3.05, 3.63) is 108 Å². The Labute approximate surface area is 445 Å². The molecule has 4 aromatic rings. The summed E-state index contributed by atoms with van der Waals surface area (Å²) in [5.41, 5.74) is 4.21. The molecule has 2 saturated heterocycles. The first-order valence-corrected chi connectivity index (χ1v) is 25.3. The summed E-state index contributed by atoms with van der Waals surface area (Å²) in [6.45, 7) is 3.33. The number of rotatable bonds is 23. The average Bonchev–Trinajstić information content (AvgIpc) is 3.92. The van der Waals surface area contributed by atoms with Crippen LogP contribution in [0.15, 0.2) is 97.1 Å². The van der Waals surface area contributed by atoms with E-state index in [2.05, 4.69) is 26.6 Å². The number of likely N-dealkylation sites (tertiary alicyclic amines) is 2. The van der Waals surface area contributed by atoms with Crippen molar-refractivity contribution in [2.75, 3.05) is 33.8 Å². The van der Waals surface area contributed by atoms with Crippen LogP contribution >= 0.6 is 0 Å². The summed E-state index contributed by atoms with van der Waals surface area (Å²) >= 11 is 0. The van der Waals surface area contributed by atoms with Crippen LogP contribution in [0.1, 0.15) is 49.5 Å². The van der Waals surface area contributed by atoms with Gasteiger partial charge in [0.05, 0.1) is 49.8 Å². The Kier molecular flexibility index (Phi) is 20.4. The molecule has 0 aromatic heterocycles. The number of nitrogens with one attached hydrogen (secondary N) is 5. The van der Waals surface area contributed by atoms with Crippen LogP contribution in [0.5, 0.6) is 11.5 Å². The van der Waals surface area contributed by atoms with E-state index >= 15 is 0 Å². The molecule has 6 rings (SSSR count). The Bertz CT molecular complexity index is 2670. The lowest BCUT2D eigenvalue weighted by molar-refractivity contribution is -0.146. The molecule has 2 aliphatic heterocycles. The summed E-state index contributed by atoms with van der Waals surface area (Å²) in [5, 5.41) is 87.2. The maximum absolute atomic E-state index is 14.3. The van der Waals surface area contributed by atoms with Gasteiger partial charge in [-0.3, -0.25) is 33.7 Å². The van der Waals surface area contributed by atoms with Gasteiger partial charge in [0.2, 0.25) is 29.5 Å². The minimum atomic E-state index is -1.80. The third-order valence-electron chi connectivity index (χ3n) is 13.9. The van der Waals surface area contributed by atoms with Gasteiger partial charge in [0.1, 0.15) is 48.0 Å². The van der Waals surface area contributed by atoms with Gasteiger partial charge in [-0.15, -0.1) is 0 Å². The molecule has 0 radical (unpaired) electrons. The summed E-state index contributed by atoms with van der Waals surface area (Å²) in [4.78, 5) is 97.3. The summed E-state index contributed by atoms with van der Waals surface area (Å²) in [5.74, 6) is -5.53. The number of phenols is 1. The Morgan fingerprint density at radius 2 is 1.29 bits per heavy atom. The summed E-state index contributed by atoms with van der Waals surface area (Å²) in [6.07, 6.45) is -8.92. The normalized spacial score (nSPS) is 21.5. The SMILES string of the molecule is COc1ccc(-c2ccc(-c3ccc(C(=O)NC(CC(O)CNC(=O)C4C(O)C(C)CN4C(=O)C(NC(=O)C(NC(=O)C4CC(O)CN4C)C(O)Cc4ccc(O)cc4)C(C)O)C(=O)NC(C=O)C(C)O)cc3)cc2)cc1. The largest absolute Gasteiger partial charge is 0.508 e. The molecular weight excluding hydrogens is 999 g/mol. The summed E-state index contributed by atoms with van der Waals surface area (Å²) in [7, 11) is 3.19. The van der Waals surface area contributed by atoms with E-state index in [0.29, 0.717) is 11.8 Å². The molecule has 0 bridgehead atoms. The molecule has 0 spiro atoms. The van der Waals surface area contributed by atoms with E-state index in [-0.39, 0.29) is 37.2 Å². The fourth-order valence-electron chi connectivity index (χ4n) is 9.36. The van der Waals surface area contributed by atoms with Crippen molar-refractivity contribution in [1.82, 2.24) is 36.4 Å². The van der Waals surface area contributed by atoms with Gasteiger partial charge >= 0.3 is 0 Å². The van der Waals surface area contributed by atoms with Crippen molar-refractivity contribution in [2.45, 2.75) is 113 Å². The second-order valence-electron chi connectivity index (χ2n) is 19.9.